The highest BCUT2D eigenvalue weighted by Crippen LogP contribution is 2.22. The fourth-order valence-corrected chi connectivity index (χ4v) is 2.29. The highest BCUT2D eigenvalue weighted by molar-refractivity contribution is 6.05. The van der Waals surface area contributed by atoms with E-state index in [1.807, 2.05) is 40.7 Å². The predicted octanol–water partition coefficient (Wildman–Crippen LogP) is 5.09. The third-order valence-electron chi connectivity index (χ3n) is 3.26. The molecule has 0 fully saturated rings. The van der Waals surface area contributed by atoms with Crippen molar-refractivity contribution >= 4 is 27.9 Å². The van der Waals surface area contributed by atoms with Crippen LogP contribution in [0, 0.1) is 6.92 Å². The van der Waals surface area contributed by atoms with E-state index in [-0.39, 0.29) is 16.4 Å². The Labute approximate surface area is 142 Å². The van der Waals surface area contributed by atoms with E-state index in [0.717, 1.165) is 5.56 Å². The van der Waals surface area contributed by atoms with Crippen molar-refractivity contribution in [3.05, 3.63) is 57.7 Å². The van der Waals surface area contributed by atoms with Crippen LogP contribution in [-0.2, 0) is 4.74 Å². The summed E-state index contributed by atoms with van der Waals surface area (Å²) in [5.74, 6) is -0.546. The van der Waals surface area contributed by atoms with E-state index >= 15 is 0 Å². The molecule has 0 bridgehead atoms. The number of ether oxygens (including phenoxy) is 1. The quantitative estimate of drug-likeness (QED) is 0.461. The first-order valence-electron chi connectivity index (χ1n) is 8.16. The van der Waals surface area contributed by atoms with E-state index in [2.05, 4.69) is 0 Å². The van der Waals surface area contributed by atoms with Gasteiger partial charge in [0.1, 0.15) is 11.2 Å². The monoisotopic (exact) mass is 328 g/mol. The van der Waals surface area contributed by atoms with Crippen LogP contribution in [-0.4, -0.2) is 13.1 Å². The minimum absolute atomic E-state index is 0.217. The first-order valence-corrected chi connectivity index (χ1v) is 8.16. The maximum Gasteiger partial charge on any atom is 0.338 e. The standard InChI is InChI=1S/C16H12O4.2C2H6/c1-9-6-7-12-11(8-9)15(17)14-10(16(18)19-2)4-3-5-13(14)20-12;2*1-2/h3-8H,1-2H3;2*1-2H3. The summed E-state index contributed by atoms with van der Waals surface area (Å²) in [4.78, 5) is 24.4. The zero-order chi connectivity index (χ0) is 18.3. The Balaban J connectivity index is 0.000000671. The molecule has 0 unspecified atom stereocenters. The molecular formula is C20H24O4. The summed E-state index contributed by atoms with van der Waals surface area (Å²) in [5.41, 5.74) is 1.86. The third kappa shape index (κ3) is 3.65. The molecule has 0 aliphatic carbocycles. The molecule has 0 saturated carbocycles. The number of benzene rings is 2. The van der Waals surface area contributed by atoms with E-state index in [0.29, 0.717) is 16.6 Å². The maximum absolute atomic E-state index is 12.6. The minimum atomic E-state index is -0.546. The molecule has 4 nitrogen and oxygen atoms in total. The van der Waals surface area contributed by atoms with Crippen LogP contribution in [0.3, 0.4) is 0 Å². The lowest BCUT2D eigenvalue weighted by molar-refractivity contribution is 0.0603. The first kappa shape index (κ1) is 19.4. The van der Waals surface area contributed by atoms with Gasteiger partial charge in [-0.05, 0) is 31.2 Å². The largest absolute Gasteiger partial charge is 0.465 e. The van der Waals surface area contributed by atoms with Crippen molar-refractivity contribution in [1.29, 1.82) is 0 Å². The van der Waals surface area contributed by atoms with Crippen molar-refractivity contribution in [2.45, 2.75) is 34.6 Å². The Bertz CT molecular complexity index is 891. The number of fused-ring (bicyclic) bond motifs is 2. The molecule has 0 N–H and O–H groups in total. The van der Waals surface area contributed by atoms with E-state index in [1.165, 1.54) is 7.11 Å². The number of rotatable bonds is 1. The van der Waals surface area contributed by atoms with Gasteiger partial charge in [0.15, 0.2) is 0 Å². The van der Waals surface area contributed by atoms with Crippen molar-refractivity contribution in [3.8, 4) is 0 Å². The molecule has 0 saturated heterocycles. The molecular weight excluding hydrogens is 304 g/mol. The lowest BCUT2D eigenvalue weighted by Gasteiger charge is -2.06. The molecule has 0 spiro atoms. The number of methoxy groups -OCH3 is 1. The molecule has 0 amide bonds. The highest BCUT2D eigenvalue weighted by atomic mass is 16.5. The van der Waals surface area contributed by atoms with Gasteiger partial charge in [-0.3, -0.25) is 4.79 Å². The molecule has 0 radical (unpaired) electrons. The predicted molar refractivity (Wildman–Crippen MR) is 98.8 cm³/mol. The van der Waals surface area contributed by atoms with E-state index in [9.17, 15) is 9.59 Å². The number of hydrogen-bond acceptors (Lipinski definition) is 4. The average Bonchev–Trinajstić information content (AvgIpc) is 2.64. The number of esters is 1. The lowest BCUT2D eigenvalue weighted by Crippen LogP contribution is -2.10. The number of aryl methyl sites for hydroxylation is 1. The second kappa shape index (κ2) is 8.87. The molecule has 24 heavy (non-hydrogen) atoms. The fourth-order valence-electron chi connectivity index (χ4n) is 2.29. The van der Waals surface area contributed by atoms with Gasteiger partial charge < -0.3 is 9.15 Å². The van der Waals surface area contributed by atoms with Gasteiger partial charge in [-0.25, -0.2) is 4.79 Å². The molecule has 3 aromatic rings. The fraction of sp³-hybridized carbons (Fsp3) is 0.300. The van der Waals surface area contributed by atoms with Crippen molar-refractivity contribution in [2.24, 2.45) is 0 Å². The molecule has 1 heterocycles. The summed E-state index contributed by atoms with van der Waals surface area (Å²) < 4.78 is 10.4. The van der Waals surface area contributed by atoms with Crippen molar-refractivity contribution in [2.75, 3.05) is 7.11 Å². The van der Waals surface area contributed by atoms with Crippen LogP contribution in [0.2, 0.25) is 0 Å². The normalized spacial score (nSPS) is 9.58. The molecule has 2 aromatic carbocycles. The second-order valence-corrected chi connectivity index (χ2v) is 4.60. The summed E-state index contributed by atoms with van der Waals surface area (Å²) >= 11 is 0. The topological polar surface area (TPSA) is 56.5 Å². The number of carbonyl (C=O) groups is 1. The average molecular weight is 328 g/mol. The zero-order valence-electron chi connectivity index (χ0n) is 15.1. The molecule has 0 aliphatic rings. The van der Waals surface area contributed by atoms with E-state index < -0.39 is 5.97 Å². The van der Waals surface area contributed by atoms with Crippen molar-refractivity contribution < 1.29 is 13.9 Å². The Hall–Kier alpha value is -2.62. The van der Waals surface area contributed by atoms with Gasteiger partial charge in [0.05, 0.1) is 23.4 Å². The summed E-state index contributed by atoms with van der Waals surface area (Å²) in [6, 6.07) is 10.3. The van der Waals surface area contributed by atoms with E-state index in [4.69, 9.17) is 9.15 Å². The van der Waals surface area contributed by atoms with Gasteiger partial charge >= 0.3 is 5.97 Å². The molecule has 4 heteroatoms. The van der Waals surface area contributed by atoms with Crippen LogP contribution in [0.25, 0.3) is 21.9 Å². The number of carbonyl (C=O) groups excluding carboxylic acids is 1. The Morgan fingerprint density at radius 2 is 1.67 bits per heavy atom. The van der Waals surface area contributed by atoms with Crippen molar-refractivity contribution in [3.63, 3.8) is 0 Å². The van der Waals surface area contributed by atoms with Crippen LogP contribution < -0.4 is 5.43 Å². The minimum Gasteiger partial charge on any atom is -0.465 e. The molecule has 0 aliphatic heterocycles. The SMILES string of the molecule is CC.CC.COC(=O)c1cccc2oc3ccc(C)cc3c(=O)c12. The third-order valence-corrected chi connectivity index (χ3v) is 3.26. The van der Waals surface area contributed by atoms with Crippen molar-refractivity contribution in [1.82, 2.24) is 0 Å². The summed E-state index contributed by atoms with van der Waals surface area (Å²) in [5, 5.41) is 0.728. The van der Waals surface area contributed by atoms with Gasteiger partial charge in [-0.2, -0.15) is 0 Å². The molecule has 0 atom stereocenters. The van der Waals surface area contributed by atoms with Gasteiger partial charge in [0.2, 0.25) is 5.43 Å². The van der Waals surface area contributed by atoms with Crippen LogP contribution in [0.1, 0.15) is 43.6 Å². The highest BCUT2D eigenvalue weighted by Gasteiger charge is 2.16. The number of hydrogen-bond donors (Lipinski definition) is 0. The molecule has 3 rings (SSSR count). The summed E-state index contributed by atoms with van der Waals surface area (Å²) in [6.45, 7) is 9.90. The van der Waals surface area contributed by atoms with E-state index in [1.54, 1.807) is 30.3 Å². The van der Waals surface area contributed by atoms with Gasteiger partial charge in [0.25, 0.3) is 0 Å². The Morgan fingerprint density at radius 3 is 2.29 bits per heavy atom. The zero-order valence-corrected chi connectivity index (χ0v) is 15.1. The lowest BCUT2D eigenvalue weighted by atomic mass is 10.1. The van der Waals surface area contributed by atoms with Gasteiger partial charge in [-0.15, -0.1) is 0 Å². The smallest absolute Gasteiger partial charge is 0.338 e. The Kier molecular flexibility index (Phi) is 7.18. The van der Waals surface area contributed by atoms with Crippen LogP contribution in [0.4, 0.5) is 0 Å². The summed E-state index contributed by atoms with van der Waals surface area (Å²) in [7, 11) is 1.29. The summed E-state index contributed by atoms with van der Waals surface area (Å²) in [6.07, 6.45) is 0. The Morgan fingerprint density at radius 1 is 1.00 bits per heavy atom. The van der Waals surface area contributed by atoms with Gasteiger partial charge in [-0.1, -0.05) is 45.4 Å². The molecule has 128 valence electrons. The first-order chi connectivity index (χ1) is 11.6. The second-order valence-electron chi connectivity index (χ2n) is 4.60. The maximum atomic E-state index is 12.6. The van der Waals surface area contributed by atoms with Gasteiger partial charge in [0, 0.05) is 0 Å². The van der Waals surface area contributed by atoms with Crippen LogP contribution in [0.15, 0.2) is 45.6 Å². The molecule has 1 aromatic heterocycles. The van der Waals surface area contributed by atoms with Crippen LogP contribution >= 0.6 is 0 Å². The van der Waals surface area contributed by atoms with Crippen LogP contribution in [0.5, 0.6) is 0 Å².